The van der Waals surface area contributed by atoms with Crippen molar-refractivity contribution < 1.29 is 4.79 Å². The van der Waals surface area contributed by atoms with Crippen molar-refractivity contribution in [3.63, 3.8) is 0 Å². The maximum atomic E-state index is 10.6. The minimum absolute atomic E-state index is 0.132. The number of rotatable bonds is 2. The summed E-state index contributed by atoms with van der Waals surface area (Å²) in [6.07, 6.45) is 1.38. The molecular formula is C6H9N5O. The summed E-state index contributed by atoms with van der Waals surface area (Å²) in [5.41, 5.74) is 5.60. The quantitative estimate of drug-likeness (QED) is 0.357. The highest BCUT2D eigenvalue weighted by atomic mass is 16.1. The maximum Gasteiger partial charge on any atom is 0.222 e. The normalized spacial score (nSPS) is 9.42. The van der Waals surface area contributed by atoms with E-state index >= 15 is 0 Å². The molecule has 0 saturated heterocycles. The molecule has 6 heteroatoms. The molecule has 1 amide bonds. The Labute approximate surface area is 68.7 Å². The third-order valence-electron chi connectivity index (χ3n) is 1.23. The molecule has 0 aliphatic rings. The summed E-state index contributed by atoms with van der Waals surface area (Å²) < 4.78 is 0. The zero-order valence-corrected chi connectivity index (χ0v) is 6.51. The highest BCUT2D eigenvalue weighted by Gasteiger charge is 2.07. The first kappa shape index (κ1) is 8.25. The first-order chi connectivity index (χ1) is 5.61. The molecule has 0 aromatic carbocycles. The number of hydrogen-bond donors (Lipinski definition) is 4. The lowest BCUT2D eigenvalue weighted by Gasteiger charge is -1.99. The number of H-pyrrole nitrogens is 1. The van der Waals surface area contributed by atoms with Crippen molar-refractivity contribution in [3.05, 3.63) is 11.8 Å². The predicted molar refractivity (Wildman–Crippen MR) is 43.9 cm³/mol. The van der Waals surface area contributed by atoms with E-state index in [2.05, 4.69) is 15.5 Å². The van der Waals surface area contributed by atoms with Gasteiger partial charge in [0.2, 0.25) is 5.91 Å². The number of carbonyl (C=O) groups is 1. The Morgan fingerprint density at radius 2 is 2.50 bits per heavy atom. The van der Waals surface area contributed by atoms with Gasteiger partial charge in [-0.3, -0.25) is 15.3 Å². The van der Waals surface area contributed by atoms with Crippen molar-refractivity contribution in [1.29, 1.82) is 5.41 Å². The van der Waals surface area contributed by atoms with Crippen molar-refractivity contribution in [1.82, 2.24) is 10.2 Å². The Morgan fingerprint density at radius 3 is 3.00 bits per heavy atom. The third-order valence-corrected chi connectivity index (χ3v) is 1.23. The number of aromatic amines is 1. The molecule has 0 atom stereocenters. The number of nitrogens with one attached hydrogen (secondary N) is 3. The van der Waals surface area contributed by atoms with Crippen LogP contribution in [0.2, 0.25) is 0 Å². The summed E-state index contributed by atoms with van der Waals surface area (Å²) in [4.78, 5) is 10.6. The van der Waals surface area contributed by atoms with Gasteiger partial charge in [-0.25, -0.2) is 0 Å². The van der Waals surface area contributed by atoms with Crippen molar-refractivity contribution >= 4 is 17.6 Å². The van der Waals surface area contributed by atoms with Crippen LogP contribution in [0, 0.1) is 5.41 Å². The summed E-state index contributed by atoms with van der Waals surface area (Å²) in [5.74, 6) is -0.00995. The Kier molecular flexibility index (Phi) is 2.09. The van der Waals surface area contributed by atoms with E-state index < -0.39 is 0 Å². The Bertz CT molecular complexity index is 315. The average molecular weight is 167 g/mol. The first-order valence-electron chi connectivity index (χ1n) is 3.26. The number of nitrogen functional groups attached to an aromatic ring is 1. The Morgan fingerprint density at radius 1 is 1.83 bits per heavy atom. The monoisotopic (exact) mass is 167 g/mol. The van der Waals surface area contributed by atoms with Crippen LogP contribution in [0.5, 0.6) is 0 Å². The van der Waals surface area contributed by atoms with Gasteiger partial charge in [-0.2, -0.15) is 5.10 Å². The molecule has 0 aliphatic carbocycles. The van der Waals surface area contributed by atoms with Gasteiger partial charge in [0, 0.05) is 6.92 Å². The summed E-state index contributed by atoms with van der Waals surface area (Å²) in [7, 11) is 0. The van der Waals surface area contributed by atoms with Gasteiger partial charge in [-0.05, 0) is 0 Å². The lowest BCUT2D eigenvalue weighted by atomic mass is 10.3. The van der Waals surface area contributed by atoms with E-state index in [1.54, 1.807) is 0 Å². The molecule has 1 aromatic heterocycles. The fraction of sp³-hybridized carbons (Fsp3) is 0.167. The highest BCUT2D eigenvalue weighted by molar-refractivity contribution is 6.02. The molecule has 12 heavy (non-hydrogen) atoms. The second kappa shape index (κ2) is 3.04. The van der Waals surface area contributed by atoms with E-state index in [1.165, 1.54) is 13.1 Å². The number of nitrogens with two attached hydrogens (primary N) is 1. The number of carbonyl (C=O) groups excluding carboxylic acids is 1. The van der Waals surface area contributed by atoms with E-state index in [9.17, 15) is 4.79 Å². The zero-order valence-electron chi connectivity index (χ0n) is 6.51. The number of hydrogen-bond acceptors (Lipinski definition) is 3. The molecule has 0 saturated carbocycles. The van der Waals surface area contributed by atoms with Crippen molar-refractivity contribution in [2.24, 2.45) is 5.73 Å². The van der Waals surface area contributed by atoms with Gasteiger partial charge < -0.3 is 11.1 Å². The second-order valence-corrected chi connectivity index (χ2v) is 2.25. The van der Waals surface area contributed by atoms with Gasteiger partial charge in [0.05, 0.1) is 11.8 Å². The van der Waals surface area contributed by atoms with Crippen LogP contribution in [0.25, 0.3) is 0 Å². The number of nitrogens with zero attached hydrogens (tertiary/aromatic N) is 1. The standard InChI is InChI=1S/C6H9N5O/c1-3(12)10-6-4(5(7)8)2-9-11-6/h2H,1H3,(H3,7,8)(H2,9,10,11,12). The predicted octanol–water partition coefficient (Wildman–Crippen LogP) is -0.348. The molecule has 5 N–H and O–H groups in total. The highest BCUT2D eigenvalue weighted by Crippen LogP contribution is 2.08. The fourth-order valence-corrected chi connectivity index (χ4v) is 0.762. The Hall–Kier alpha value is -1.85. The smallest absolute Gasteiger partial charge is 0.222 e. The van der Waals surface area contributed by atoms with Crippen LogP contribution in [0.4, 0.5) is 5.82 Å². The molecule has 0 bridgehead atoms. The van der Waals surface area contributed by atoms with Gasteiger partial charge >= 0.3 is 0 Å². The molecular weight excluding hydrogens is 158 g/mol. The largest absolute Gasteiger partial charge is 0.384 e. The van der Waals surface area contributed by atoms with E-state index in [-0.39, 0.29) is 11.7 Å². The molecule has 1 heterocycles. The molecule has 0 spiro atoms. The van der Waals surface area contributed by atoms with Crippen LogP contribution < -0.4 is 11.1 Å². The number of amides is 1. The van der Waals surface area contributed by atoms with Gasteiger partial charge in [0.15, 0.2) is 0 Å². The molecule has 6 nitrogen and oxygen atoms in total. The van der Waals surface area contributed by atoms with Crippen molar-refractivity contribution in [3.8, 4) is 0 Å². The molecule has 1 rings (SSSR count). The molecule has 0 radical (unpaired) electrons. The van der Waals surface area contributed by atoms with E-state index in [0.29, 0.717) is 11.4 Å². The summed E-state index contributed by atoms with van der Waals surface area (Å²) in [5, 5.41) is 15.7. The number of aromatic nitrogens is 2. The van der Waals surface area contributed by atoms with Crippen LogP contribution in [-0.4, -0.2) is 21.9 Å². The van der Waals surface area contributed by atoms with Gasteiger partial charge in [0.1, 0.15) is 11.7 Å². The van der Waals surface area contributed by atoms with Crippen LogP contribution in [0.3, 0.4) is 0 Å². The van der Waals surface area contributed by atoms with Gasteiger partial charge in [0.25, 0.3) is 0 Å². The Balaban J connectivity index is 2.91. The average Bonchev–Trinajstić information content (AvgIpc) is 2.33. The van der Waals surface area contributed by atoms with Crippen LogP contribution in [0.1, 0.15) is 12.5 Å². The zero-order chi connectivity index (χ0) is 9.14. The third kappa shape index (κ3) is 1.60. The van der Waals surface area contributed by atoms with E-state index in [1.807, 2.05) is 0 Å². The van der Waals surface area contributed by atoms with Gasteiger partial charge in [-0.15, -0.1) is 0 Å². The van der Waals surface area contributed by atoms with Crippen LogP contribution >= 0.6 is 0 Å². The topological polar surface area (TPSA) is 108 Å². The molecule has 0 unspecified atom stereocenters. The molecule has 1 aromatic rings. The summed E-state index contributed by atoms with van der Waals surface area (Å²) >= 11 is 0. The molecule has 0 fully saturated rings. The van der Waals surface area contributed by atoms with Crippen molar-refractivity contribution in [2.75, 3.05) is 5.32 Å². The first-order valence-corrected chi connectivity index (χ1v) is 3.26. The summed E-state index contributed by atoms with van der Waals surface area (Å²) in [6.45, 7) is 1.37. The molecule has 0 aliphatic heterocycles. The summed E-state index contributed by atoms with van der Waals surface area (Å²) in [6, 6.07) is 0. The fourth-order valence-electron chi connectivity index (χ4n) is 0.762. The number of anilines is 1. The number of amidine groups is 1. The lowest BCUT2D eigenvalue weighted by Crippen LogP contribution is -2.15. The molecule has 64 valence electrons. The second-order valence-electron chi connectivity index (χ2n) is 2.25. The van der Waals surface area contributed by atoms with Crippen molar-refractivity contribution in [2.45, 2.75) is 6.92 Å². The minimum Gasteiger partial charge on any atom is -0.384 e. The minimum atomic E-state index is -0.234. The van der Waals surface area contributed by atoms with Gasteiger partial charge in [-0.1, -0.05) is 0 Å². The van der Waals surface area contributed by atoms with E-state index in [4.69, 9.17) is 11.1 Å². The lowest BCUT2D eigenvalue weighted by molar-refractivity contribution is -0.114. The maximum absolute atomic E-state index is 10.6. The van der Waals surface area contributed by atoms with E-state index in [0.717, 1.165) is 0 Å². The van der Waals surface area contributed by atoms with Crippen LogP contribution in [-0.2, 0) is 4.79 Å². The van der Waals surface area contributed by atoms with Crippen LogP contribution in [0.15, 0.2) is 6.20 Å². The SMILES string of the molecule is CC(=O)Nc1[nH]ncc1C(=N)N.